The predicted molar refractivity (Wildman–Crippen MR) is 104 cm³/mol. The van der Waals surface area contributed by atoms with Crippen molar-refractivity contribution in [2.45, 2.75) is 26.4 Å². The molecule has 1 heterocycles. The van der Waals surface area contributed by atoms with Crippen LogP contribution in [-0.4, -0.2) is 45.2 Å². The van der Waals surface area contributed by atoms with E-state index in [1.807, 2.05) is 0 Å². The van der Waals surface area contributed by atoms with Gasteiger partial charge in [-0.05, 0) is 13.0 Å². The van der Waals surface area contributed by atoms with E-state index in [1.165, 1.54) is 33.3 Å². The number of rotatable bonds is 8. The maximum atomic E-state index is 13.1. The summed E-state index contributed by atoms with van der Waals surface area (Å²) in [6.45, 7) is 2.92. The first kappa shape index (κ1) is 22.7. The Kier molecular flexibility index (Phi) is 7.35. The smallest absolute Gasteiger partial charge is 0.338 e. The zero-order valence-electron chi connectivity index (χ0n) is 17.3. The molecule has 0 bridgehead atoms. The molecule has 0 spiro atoms. The standard InChI is InChI=1S/C21H22O9/c1-11(30-12(2)22)6-14-8-17(23)16(10-29-14)20(24)19-15(21(25)28-5)7-13(26-3)9-18(19)27-4/h7-11H,6H2,1-5H3. The zero-order valence-corrected chi connectivity index (χ0v) is 17.3. The van der Waals surface area contributed by atoms with Gasteiger partial charge < -0.3 is 23.4 Å². The number of ether oxygens (including phenoxy) is 4. The second-order valence-electron chi connectivity index (χ2n) is 6.32. The Labute approximate surface area is 172 Å². The first-order chi connectivity index (χ1) is 14.2. The van der Waals surface area contributed by atoms with Gasteiger partial charge in [0, 0.05) is 25.5 Å². The minimum atomic E-state index is -0.799. The maximum absolute atomic E-state index is 13.1. The molecule has 0 saturated heterocycles. The van der Waals surface area contributed by atoms with Crippen LogP contribution in [0.5, 0.6) is 11.5 Å². The highest BCUT2D eigenvalue weighted by atomic mass is 16.5. The summed E-state index contributed by atoms with van der Waals surface area (Å²) in [5.74, 6) is -1.49. The fraction of sp³-hybridized carbons (Fsp3) is 0.333. The van der Waals surface area contributed by atoms with Gasteiger partial charge in [0.15, 0.2) is 5.43 Å². The van der Waals surface area contributed by atoms with E-state index in [0.29, 0.717) is 0 Å². The Morgan fingerprint density at radius 1 is 1.03 bits per heavy atom. The van der Waals surface area contributed by atoms with Crippen LogP contribution >= 0.6 is 0 Å². The molecule has 1 aromatic carbocycles. The third kappa shape index (κ3) is 5.05. The Hall–Kier alpha value is -3.62. The van der Waals surface area contributed by atoms with Gasteiger partial charge in [0.2, 0.25) is 5.78 Å². The number of esters is 2. The van der Waals surface area contributed by atoms with Crippen molar-refractivity contribution < 1.29 is 37.7 Å². The SMILES string of the molecule is COC(=O)c1cc(OC)cc(OC)c1C(=O)c1coc(CC(C)OC(C)=O)cc1=O. The Balaban J connectivity index is 2.49. The van der Waals surface area contributed by atoms with Gasteiger partial charge in [0.25, 0.3) is 0 Å². The molecule has 1 unspecified atom stereocenters. The van der Waals surface area contributed by atoms with E-state index in [4.69, 9.17) is 23.4 Å². The first-order valence-electron chi connectivity index (χ1n) is 8.89. The van der Waals surface area contributed by atoms with Crippen LogP contribution in [0.25, 0.3) is 0 Å². The van der Waals surface area contributed by atoms with E-state index < -0.39 is 29.3 Å². The third-order valence-electron chi connectivity index (χ3n) is 4.15. The summed E-state index contributed by atoms with van der Waals surface area (Å²) in [6, 6.07) is 3.87. The number of carbonyl (C=O) groups is 3. The molecule has 2 aromatic rings. The second kappa shape index (κ2) is 9.73. The number of ketones is 1. The second-order valence-corrected chi connectivity index (χ2v) is 6.32. The molecule has 0 radical (unpaired) electrons. The molecule has 30 heavy (non-hydrogen) atoms. The molecule has 0 aliphatic carbocycles. The number of methoxy groups -OCH3 is 3. The molecular weight excluding hydrogens is 396 g/mol. The van der Waals surface area contributed by atoms with Crippen molar-refractivity contribution in [1.29, 1.82) is 0 Å². The van der Waals surface area contributed by atoms with Crippen LogP contribution in [0.2, 0.25) is 0 Å². The molecule has 1 atom stereocenters. The lowest BCUT2D eigenvalue weighted by Gasteiger charge is -2.14. The minimum Gasteiger partial charge on any atom is -0.497 e. The zero-order chi connectivity index (χ0) is 22.4. The summed E-state index contributed by atoms with van der Waals surface area (Å²) in [7, 11) is 3.87. The largest absolute Gasteiger partial charge is 0.497 e. The van der Waals surface area contributed by atoms with Crippen LogP contribution in [0.1, 0.15) is 45.9 Å². The third-order valence-corrected chi connectivity index (χ3v) is 4.15. The Morgan fingerprint density at radius 2 is 1.73 bits per heavy atom. The van der Waals surface area contributed by atoms with Crippen LogP contribution in [0, 0.1) is 0 Å². The lowest BCUT2D eigenvalue weighted by atomic mass is 9.97. The summed E-state index contributed by atoms with van der Waals surface area (Å²) in [5.41, 5.74) is -1.19. The van der Waals surface area contributed by atoms with Crippen molar-refractivity contribution in [3.63, 3.8) is 0 Å². The van der Waals surface area contributed by atoms with Gasteiger partial charge in [-0.3, -0.25) is 14.4 Å². The van der Waals surface area contributed by atoms with Gasteiger partial charge in [0.1, 0.15) is 35.2 Å². The summed E-state index contributed by atoms with van der Waals surface area (Å²) in [5, 5.41) is 0. The fourth-order valence-corrected chi connectivity index (χ4v) is 2.84. The lowest BCUT2D eigenvalue weighted by molar-refractivity contribution is -0.145. The molecule has 160 valence electrons. The topological polar surface area (TPSA) is 118 Å². The van der Waals surface area contributed by atoms with Crippen LogP contribution in [0.3, 0.4) is 0 Å². The molecular formula is C21H22O9. The minimum absolute atomic E-state index is 0.0340. The Morgan fingerprint density at radius 3 is 2.27 bits per heavy atom. The van der Waals surface area contributed by atoms with Crippen LogP contribution in [-0.2, 0) is 20.7 Å². The average molecular weight is 418 g/mol. The highest BCUT2D eigenvalue weighted by Gasteiger charge is 2.27. The first-order valence-corrected chi connectivity index (χ1v) is 8.89. The predicted octanol–water partition coefficient (Wildman–Crippen LogP) is 2.17. The fourth-order valence-electron chi connectivity index (χ4n) is 2.84. The number of carbonyl (C=O) groups excluding carboxylic acids is 3. The highest BCUT2D eigenvalue weighted by Crippen LogP contribution is 2.31. The van der Waals surface area contributed by atoms with E-state index >= 15 is 0 Å². The van der Waals surface area contributed by atoms with Gasteiger partial charge >= 0.3 is 11.9 Å². The molecule has 0 amide bonds. The van der Waals surface area contributed by atoms with Crippen molar-refractivity contribution in [3.05, 3.63) is 57.1 Å². The van der Waals surface area contributed by atoms with Gasteiger partial charge in [-0.25, -0.2) is 4.79 Å². The quantitative estimate of drug-likeness (QED) is 0.469. The van der Waals surface area contributed by atoms with E-state index in [9.17, 15) is 19.2 Å². The van der Waals surface area contributed by atoms with Crippen LogP contribution in [0.15, 0.2) is 33.7 Å². The van der Waals surface area contributed by atoms with Crippen molar-refractivity contribution in [1.82, 2.24) is 0 Å². The molecule has 0 N–H and O–H groups in total. The van der Waals surface area contributed by atoms with E-state index in [1.54, 1.807) is 6.92 Å². The molecule has 0 saturated carbocycles. The number of hydrogen-bond acceptors (Lipinski definition) is 9. The van der Waals surface area contributed by atoms with E-state index in [0.717, 1.165) is 19.4 Å². The van der Waals surface area contributed by atoms with E-state index in [-0.39, 0.29) is 40.4 Å². The van der Waals surface area contributed by atoms with Gasteiger partial charge in [-0.15, -0.1) is 0 Å². The normalized spacial score (nSPS) is 11.4. The molecule has 2 rings (SSSR count). The average Bonchev–Trinajstić information content (AvgIpc) is 2.71. The summed E-state index contributed by atoms with van der Waals surface area (Å²) >= 11 is 0. The van der Waals surface area contributed by atoms with E-state index in [2.05, 4.69) is 0 Å². The van der Waals surface area contributed by atoms with Crippen molar-refractivity contribution >= 4 is 17.7 Å². The van der Waals surface area contributed by atoms with Gasteiger partial charge in [-0.2, -0.15) is 0 Å². The van der Waals surface area contributed by atoms with Crippen molar-refractivity contribution in [2.75, 3.05) is 21.3 Å². The molecule has 1 aromatic heterocycles. The van der Waals surface area contributed by atoms with Crippen LogP contribution < -0.4 is 14.9 Å². The van der Waals surface area contributed by atoms with Gasteiger partial charge in [0.05, 0.1) is 32.5 Å². The molecule has 0 fully saturated rings. The highest BCUT2D eigenvalue weighted by molar-refractivity contribution is 6.16. The number of benzene rings is 1. The molecule has 9 heteroatoms. The monoisotopic (exact) mass is 418 g/mol. The summed E-state index contributed by atoms with van der Waals surface area (Å²) in [6.07, 6.45) is 0.646. The van der Waals surface area contributed by atoms with Gasteiger partial charge in [-0.1, -0.05) is 0 Å². The number of hydrogen-bond donors (Lipinski definition) is 0. The molecule has 0 aliphatic rings. The molecule has 0 aliphatic heterocycles. The lowest BCUT2D eigenvalue weighted by Crippen LogP contribution is -2.21. The summed E-state index contributed by atoms with van der Waals surface area (Å²) in [4.78, 5) is 48.9. The molecule has 9 nitrogen and oxygen atoms in total. The maximum Gasteiger partial charge on any atom is 0.338 e. The van der Waals surface area contributed by atoms with Crippen LogP contribution in [0.4, 0.5) is 0 Å². The van der Waals surface area contributed by atoms with Crippen molar-refractivity contribution in [2.24, 2.45) is 0 Å². The summed E-state index contributed by atoms with van der Waals surface area (Å²) < 4.78 is 25.5. The Bertz CT molecular complexity index is 1020. The van der Waals surface area contributed by atoms with Crippen molar-refractivity contribution in [3.8, 4) is 11.5 Å².